The van der Waals surface area contributed by atoms with E-state index in [1.807, 2.05) is 36.4 Å². The fourth-order valence-electron chi connectivity index (χ4n) is 2.43. The van der Waals surface area contributed by atoms with E-state index in [4.69, 9.17) is 9.47 Å². The summed E-state index contributed by atoms with van der Waals surface area (Å²) in [4.78, 5) is 0. The summed E-state index contributed by atoms with van der Waals surface area (Å²) in [6.45, 7) is 0. The van der Waals surface area contributed by atoms with E-state index in [1.165, 1.54) is 0 Å². The maximum absolute atomic E-state index is 9.51. The molecule has 0 unspecified atom stereocenters. The number of benzene rings is 3. The van der Waals surface area contributed by atoms with Gasteiger partial charge in [-0.1, -0.05) is 24.3 Å². The molecule has 0 aliphatic rings. The van der Waals surface area contributed by atoms with E-state index in [9.17, 15) is 5.11 Å². The highest BCUT2D eigenvalue weighted by atomic mass is 16.5. The highest BCUT2D eigenvalue weighted by molar-refractivity contribution is 5.88. The van der Waals surface area contributed by atoms with Gasteiger partial charge in [0.05, 0.1) is 14.2 Å². The number of phenols is 1. The molecule has 106 valence electrons. The molecular formula is C18H16O3. The monoisotopic (exact) mass is 280 g/mol. The van der Waals surface area contributed by atoms with Crippen molar-refractivity contribution >= 4 is 10.8 Å². The minimum atomic E-state index is 0.279. The van der Waals surface area contributed by atoms with Crippen LogP contribution in [0.3, 0.4) is 0 Å². The fourth-order valence-corrected chi connectivity index (χ4v) is 2.43. The number of methoxy groups -OCH3 is 2. The molecule has 0 aromatic heterocycles. The standard InChI is InChI=1S/C18H16O3/c1-20-17-8-6-15(11-18(17)21-2)12-3-4-14-10-16(19)7-5-13(14)9-12/h3-11,19H,1-2H3. The van der Waals surface area contributed by atoms with Crippen molar-refractivity contribution in [2.45, 2.75) is 0 Å². The number of hydrogen-bond acceptors (Lipinski definition) is 3. The van der Waals surface area contributed by atoms with Crippen molar-refractivity contribution in [1.82, 2.24) is 0 Å². The Kier molecular flexibility index (Phi) is 3.40. The molecule has 21 heavy (non-hydrogen) atoms. The first-order chi connectivity index (χ1) is 10.2. The molecule has 0 aliphatic heterocycles. The van der Waals surface area contributed by atoms with E-state index < -0.39 is 0 Å². The molecule has 0 atom stereocenters. The molecule has 3 rings (SSSR count). The molecule has 0 fully saturated rings. The van der Waals surface area contributed by atoms with Gasteiger partial charge in [0.1, 0.15) is 5.75 Å². The Morgan fingerprint density at radius 3 is 2.05 bits per heavy atom. The number of hydrogen-bond donors (Lipinski definition) is 1. The lowest BCUT2D eigenvalue weighted by atomic mass is 10.0. The van der Waals surface area contributed by atoms with Gasteiger partial charge in [-0.2, -0.15) is 0 Å². The summed E-state index contributed by atoms with van der Waals surface area (Å²) in [7, 11) is 3.25. The van der Waals surface area contributed by atoms with Gasteiger partial charge in [-0.15, -0.1) is 0 Å². The van der Waals surface area contributed by atoms with Gasteiger partial charge >= 0.3 is 0 Å². The number of phenolic OH excluding ortho intramolecular Hbond substituents is 1. The van der Waals surface area contributed by atoms with Crippen molar-refractivity contribution in [2.75, 3.05) is 14.2 Å². The summed E-state index contributed by atoms with van der Waals surface area (Å²) in [6.07, 6.45) is 0. The molecule has 0 amide bonds. The van der Waals surface area contributed by atoms with Crippen LogP contribution in [0.15, 0.2) is 54.6 Å². The number of ether oxygens (including phenoxy) is 2. The van der Waals surface area contributed by atoms with Crippen LogP contribution in [0.25, 0.3) is 21.9 Å². The van der Waals surface area contributed by atoms with Crippen LogP contribution in [0.5, 0.6) is 17.2 Å². The lowest BCUT2D eigenvalue weighted by Crippen LogP contribution is -1.90. The molecule has 0 bridgehead atoms. The minimum absolute atomic E-state index is 0.279. The van der Waals surface area contributed by atoms with Crippen molar-refractivity contribution in [1.29, 1.82) is 0 Å². The van der Waals surface area contributed by atoms with Crippen molar-refractivity contribution in [3.05, 3.63) is 54.6 Å². The van der Waals surface area contributed by atoms with Crippen LogP contribution in [0, 0.1) is 0 Å². The molecule has 0 aliphatic carbocycles. The molecule has 0 radical (unpaired) electrons. The zero-order valence-electron chi connectivity index (χ0n) is 12.0. The molecular weight excluding hydrogens is 264 g/mol. The largest absolute Gasteiger partial charge is 0.508 e. The average molecular weight is 280 g/mol. The van der Waals surface area contributed by atoms with Gasteiger partial charge in [0.2, 0.25) is 0 Å². The van der Waals surface area contributed by atoms with Gasteiger partial charge in [0.25, 0.3) is 0 Å². The van der Waals surface area contributed by atoms with Crippen LogP contribution in [0.1, 0.15) is 0 Å². The Hall–Kier alpha value is -2.68. The molecule has 1 N–H and O–H groups in total. The minimum Gasteiger partial charge on any atom is -0.508 e. The van der Waals surface area contributed by atoms with E-state index in [0.29, 0.717) is 11.5 Å². The second-order valence-electron chi connectivity index (χ2n) is 4.82. The van der Waals surface area contributed by atoms with Crippen LogP contribution < -0.4 is 9.47 Å². The first-order valence-electron chi connectivity index (χ1n) is 6.66. The molecule has 0 saturated carbocycles. The molecule has 3 nitrogen and oxygen atoms in total. The summed E-state index contributed by atoms with van der Waals surface area (Å²) in [5, 5.41) is 11.6. The molecule has 0 saturated heterocycles. The molecule has 3 aromatic carbocycles. The summed E-state index contributed by atoms with van der Waals surface area (Å²) in [5.74, 6) is 1.70. The van der Waals surface area contributed by atoms with Crippen LogP contribution in [0.4, 0.5) is 0 Å². The Labute approximate surface area is 123 Å². The lowest BCUT2D eigenvalue weighted by Gasteiger charge is -2.10. The van der Waals surface area contributed by atoms with Gasteiger partial charge in [-0.05, 0) is 52.2 Å². The van der Waals surface area contributed by atoms with Crippen LogP contribution in [-0.4, -0.2) is 19.3 Å². The first-order valence-corrected chi connectivity index (χ1v) is 6.66. The second-order valence-corrected chi connectivity index (χ2v) is 4.82. The average Bonchev–Trinajstić information content (AvgIpc) is 2.53. The SMILES string of the molecule is COc1ccc(-c2ccc3cc(O)ccc3c2)cc1OC. The Bertz CT molecular complexity index is 794. The number of aromatic hydroxyl groups is 1. The third kappa shape index (κ3) is 2.50. The maximum Gasteiger partial charge on any atom is 0.161 e. The van der Waals surface area contributed by atoms with Gasteiger partial charge in [-0.25, -0.2) is 0 Å². The zero-order chi connectivity index (χ0) is 14.8. The van der Waals surface area contributed by atoms with Crippen molar-refractivity contribution in [3.8, 4) is 28.4 Å². The lowest BCUT2D eigenvalue weighted by molar-refractivity contribution is 0.355. The normalized spacial score (nSPS) is 10.6. The van der Waals surface area contributed by atoms with Gasteiger partial charge in [0, 0.05) is 0 Å². The predicted octanol–water partition coefficient (Wildman–Crippen LogP) is 4.23. The van der Waals surface area contributed by atoms with Gasteiger partial charge < -0.3 is 14.6 Å². The highest BCUT2D eigenvalue weighted by Gasteiger charge is 2.07. The van der Waals surface area contributed by atoms with E-state index in [2.05, 4.69) is 6.07 Å². The number of fused-ring (bicyclic) bond motifs is 1. The summed E-state index contributed by atoms with van der Waals surface area (Å²) < 4.78 is 10.6. The Balaban J connectivity index is 2.09. The summed E-state index contributed by atoms with van der Waals surface area (Å²) in [5.41, 5.74) is 2.15. The van der Waals surface area contributed by atoms with Crippen LogP contribution in [0.2, 0.25) is 0 Å². The summed E-state index contributed by atoms with van der Waals surface area (Å²) >= 11 is 0. The van der Waals surface area contributed by atoms with Crippen molar-refractivity contribution in [2.24, 2.45) is 0 Å². The quantitative estimate of drug-likeness (QED) is 0.780. The Morgan fingerprint density at radius 2 is 1.29 bits per heavy atom. The van der Waals surface area contributed by atoms with Gasteiger partial charge in [-0.3, -0.25) is 0 Å². The van der Waals surface area contributed by atoms with E-state index >= 15 is 0 Å². The number of rotatable bonds is 3. The highest BCUT2D eigenvalue weighted by Crippen LogP contribution is 2.33. The summed E-state index contributed by atoms with van der Waals surface area (Å²) in [6, 6.07) is 17.3. The second kappa shape index (κ2) is 5.37. The topological polar surface area (TPSA) is 38.7 Å². The van der Waals surface area contributed by atoms with E-state index in [-0.39, 0.29) is 5.75 Å². The third-order valence-electron chi connectivity index (χ3n) is 3.54. The van der Waals surface area contributed by atoms with Crippen molar-refractivity contribution in [3.63, 3.8) is 0 Å². The predicted molar refractivity (Wildman–Crippen MR) is 84.2 cm³/mol. The van der Waals surface area contributed by atoms with Gasteiger partial charge in [0.15, 0.2) is 11.5 Å². The maximum atomic E-state index is 9.51. The Morgan fingerprint density at radius 1 is 0.667 bits per heavy atom. The smallest absolute Gasteiger partial charge is 0.161 e. The zero-order valence-corrected chi connectivity index (χ0v) is 12.0. The third-order valence-corrected chi connectivity index (χ3v) is 3.54. The fraction of sp³-hybridized carbons (Fsp3) is 0.111. The van der Waals surface area contributed by atoms with Crippen LogP contribution >= 0.6 is 0 Å². The van der Waals surface area contributed by atoms with E-state index in [1.54, 1.807) is 26.4 Å². The molecule has 3 aromatic rings. The van der Waals surface area contributed by atoms with Crippen LogP contribution in [-0.2, 0) is 0 Å². The van der Waals surface area contributed by atoms with Crippen molar-refractivity contribution < 1.29 is 14.6 Å². The van der Waals surface area contributed by atoms with E-state index in [0.717, 1.165) is 21.9 Å². The molecule has 3 heteroatoms. The molecule has 0 heterocycles. The first kappa shape index (κ1) is 13.3. The molecule has 0 spiro atoms.